The second-order valence-electron chi connectivity index (χ2n) is 0.689. The van der Waals surface area contributed by atoms with Crippen LogP contribution < -0.4 is 0 Å². The van der Waals surface area contributed by atoms with Crippen LogP contribution in [0.5, 0.6) is 0 Å². The van der Waals surface area contributed by atoms with Crippen molar-refractivity contribution in [2.45, 2.75) is 13.3 Å². The molecule has 0 atom stereocenters. The van der Waals surface area contributed by atoms with Gasteiger partial charge in [0.2, 0.25) is 0 Å². The molecule has 4 heavy (non-hydrogen) atoms. The SMILES string of the molecule is CCCCl.[H+]. The van der Waals surface area contributed by atoms with Crippen molar-refractivity contribution >= 4 is 11.6 Å². The van der Waals surface area contributed by atoms with Crippen molar-refractivity contribution in [2.24, 2.45) is 0 Å². The minimum Gasteiger partial charge on any atom is -0.127 e. The van der Waals surface area contributed by atoms with Crippen LogP contribution >= 0.6 is 11.6 Å². The number of hydrogen-bond donors (Lipinski definition) is 0. The molecule has 1 heteroatoms. The molecule has 0 rings (SSSR count). The zero-order valence-electron chi connectivity index (χ0n) is 3.79. The van der Waals surface area contributed by atoms with Gasteiger partial charge in [0, 0.05) is 5.88 Å². The third-order valence-electron chi connectivity index (χ3n) is 0.189. The van der Waals surface area contributed by atoms with Gasteiger partial charge in [0.15, 0.2) is 0 Å². The van der Waals surface area contributed by atoms with Gasteiger partial charge in [-0.15, -0.1) is 11.6 Å². The molecule has 0 bridgehead atoms. The fourth-order valence-corrected chi connectivity index (χ4v) is 0. The highest BCUT2D eigenvalue weighted by Gasteiger charge is 1.59. The molecule has 0 saturated heterocycles. The fraction of sp³-hybridized carbons (Fsp3) is 1.00. The van der Waals surface area contributed by atoms with Gasteiger partial charge in [-0.25, -0.2) is 0 Å². The molecule has 26 valence electrons. The van der Waals surface area contributed by atoms with Crippen molar-refractivity contribution in [1.82, 2.24) is 0 Å². The Bertz CT molecular complexity index is 8.85. The van der Waals surface area contributed by atoms with Gasteiger partial charge in [0.25, 0.3) is 0 Å². The van der Waals surface area contributed by atoms with Crippen molar-refractivity contribution in [3.05, 3.63) is 0 Å². The normalized spacial score (nSPS) is 7.50. The molecule has 0 amide bonds. The van der Waals surface area contributed by atoms with Gasteiger partial charge in [-0.3, -0.25) is 0 Å². The maximum absolute atomic E-state index is 5.19. The molecule has 0 aliphatic heterocycles. The van der Waals surface area contributed by atoms with Crippen molar-refractivity contribution in [1.29, 1.82) is 0 Å². The van der Waals surface area contributed by atoms with Crippen LogP contribution in [0, 0.1) is 0 Å². The highest BCUT2D eigenvalue weighted by molar-refractivity contribution is 6.17. The summed E-state index contributed by atoms with van der Waals surface area (Å²) in [6.07, 6.45) is 1.08. The van der Waals surface area contributed by atoms with Gasteiger partial charge in [0.1, 0.15) is 0 Å². The van der Waals surface area contributed by atoms with E-state index in [9.17, 15) is 0 Å². The van der Waals surface area contributed by atoms with Crippen molar-refractivity contribution in [3.8, 4) is 0 Å². The van der Waals surface area contributed by atoms with Gasteiger partial charge in [-0.2, -0.15) is 0 Å². The molecule has 0 aromatic rings. The van der Waals surface area contributed by atoms with E-state index in [0.29, 0.717) is 0 Å². The minimum atomic E-state index is 0. The molecule has 0 spiro atoms. The smallest absolute Gasteiger partial charge is 0.127 e. The lowest BCUT2D eigenvalue weighted by Gasteiger charge is -1.65. The van der Waals surface area contributed by atoms with E-state index in [1.54, 1.807) is 0 Å². The molecule has 0 aromatic carbocycles. The molecule has 0 aromatic heterocycles. The van der Waals surface area contributed by atoms with E-state index in [1.807, 2.05) is 6.92 Å². The Morgan fingerprint density at radius 2 is 2.25 bits per heavy atom. The predicted octanol–water partition coefficient (Wildman–Crippen LogP) is 1.75. The van der Waals surface area contributed by atoms with Crippen LogP contribution in [0.25, 0.3) is 0 Å². The largest absolute Gasteiger partial charge is 1.00 e. The van der Waals surface area contributed by atoms with Crippen molar-refractivity contribution in [3.63, 3.8) is 0 Å². The Kier molecular flexibility index (Phi) is 3.53. The van der Waals surface area contributed by atoms with Crippen LogP contribution in [0.2, 0.25) is 0 Å². The van der Waals surface area contributed by atoms with Crippen LogP contribution in [0.3, 0.4) is 0 Å². The monoisotopic (exact) mass is 79.0 g/mol. The summed E-state index contributed by atoms with van der Waals surface area (Å²) >= 11 is 5.19. The Labute approximate surface area is 33.3 Å². The van der Waals surface area contributed by atoms with E-state index in [-0.39, 0.29) is 1.43 Å². The maximum atomic E-state index is 5.19. The summed E-state index contributed by atoms with van der Waals surface area (Å²) in [5, 5.41) is 0. The van der Waals surface area contributed by atoms with E-state index < -0.39 is 0 Å². The summed E-state index contributed by atoms with van der Waals surface area (Å²) in [5.41, 5.74) is 0. The molecule has 0 saturated carbocycles. The average Bonchev–Trinajstić information content (AvgIpc) is 1.37. The zero-order valence-corrected chi connectivity index (χ0v) is 3.55. The second-order valence-corrected chi connectivity index (χ2v) is 1.07. The molecule has 0 unspecified atom stereocenters. The fourth-order valence-electron chi connectivity index (χ4n) is 0. The highest BCUT2D eigenvalue weighted by atomic mass is 35.5. The van der Waals surface area contributed by atoms with Gasteiger partial charge in [0.05, 0.1) is 0 Å². The minimum absolute atomic E-state index is 0. The molecule has 0 N–H and O–H groups in total. The maximum Gasteiger partial charge on any atom is 1.00 e. The first kappa shape index (κ1) is 4.29. The molecule has 0 fully saturated rings. The first-order chi connectivity index (χ1) is 1.91. The second kappa shape index (κ2) is 3.29. The summed E-state index contributed by atoms with van der Waals surface area (Å²) in [4.78, 5) is 0. The Balaban J connectivity index is 0. The van der Waals surface area contributed by atoms with Gasteiger partial charge in [-0.05, 0) is 6.42 Å². The summed E-state index contributed by atoms with van der Waals surface area (Å²) < 4.78 is 0. The molecular formula is C3H8Cl+. The van der Waals surface area contributed by atoms with Gasteiger partial charge in [-0.1, -0.05) is 6.92 Å². The molecule has 0 aliphatic carbocycles. The first-order valence-electron chi connectivity index (χ1n) is 1.47. The third-order valence-corrected chi connectivity index (χ3v) is 0.567. The standard InChI is InChI=1S/C3H7Cl/c1-2-3-4/h2-3H2,1H3/p+1. The van der Waals surface area contributed by atoms with Crippen molar-refractivity contribution in [2.75, 3.05) is 5.88 Å². The van der Waals surface area contributed by atoms with Crippen LogP contribution in [0.4, 0.5) is 0 Å². The number of halogens is 1. The van der Waals surface area contributed by atoms with E-state index in [0.717, 1.165) is 12.3 Å². The van der Waals surface area contributed by atoms with Crippen LogP contribution in [0.15, 0.2) is 0 Å². The lowest BCUT2D eigenvalue weighted by atomic mass is 10.6. The van der Waals surface area contributed by atoms with E-state index >= 15 is 0 Å². The number of rotatable bonds is 1. The highest BCUT2D eigenvalue weighted by Crippen LogP contribution is 1.75. The molecule has 0 nitrogen and oxygen atoms in total. The van der Waals surface area contributed by atoms with Gasteiger partial charge < -0.3 is 0 Å². The van der Waals surface area contributed by atoms with E-state index in [1.165, 1.54) is 0 Å². The third kappa shape index (κ3) is 2.29. The van der Waals surface area contributed by atoms with E-state index in [4.69, 9.17) is 11.6 Å². The van der Waals surface area contributed by atoms with E-state index in [2.05, 4.69) is 0 Å². The molecule has 0 heterocycles. The molecule has 0 aliphatic rings. The average molecular weight is 79.5 g/mol. The quantitative estimate of drug-likeness (QED) is 0.420. The summed E-state index contributed by atoms with van der Waals surface area (Å²) in [7, 11) is 0. The lowest BCUT2D eigenvalue weighted by molar-refractivity contribution is 1.10. The van der Waals surface area contributed by atoms with Crippen LogP contribution in [0.1, 0.15) is 14.8 Å². The van der Waals surface area contributed by atoms with Crippen LogP contribution in [-0.2, 0) is 0 Å². The summed E-state index contributed by atoms with van der Waals surface area (Å²) in [6, 6.07) is 0. The lowest BCUT2D eigenvalue weighted by Crippen LogP contribution is -1.55. The van der Waals surface area contributed by atoms with Crippen LogP contribution in [-0.4, -0.2) is 5.88 Å². The predicted molar refractivity (Wildman–Crippen MR) is 22.1 cm³/mol. The summed E-state index contributed by atoms with van der Waals surface area (Å²) in [6.45, 7) is 2.05. The van der Waals surface area contributed by atoms with Crippen molar-refractivity contribution < 1.29 is 1.43 Å². The zero-order chi connectivity index (χ0) is 3.41. The molecule has 0 radical (unpaired) electrons. The van der Waals surface area contributed by atoms with Gasteiger partial charge >= 0.3 is 1.43 Å². The number of hydrogen-bond acceptors (Lipinski definition) is 0. The first-order valence-corrected chi connectivity index (χ1v) is 2.01. The topological polar surface area (TPSA) is 0 Å². The number of alkyl halides is 1. The Hall–Kier alpha value is 0.290. The Morgan fingerprint density at radius 1 is 2.00 bits per heavy atom. The summed E-state index contributed by atoms with van der Waals surface area (Å²) in [5.74, 6) is 0.792. The molecular weight excluding hydrogens is 71.5 g/mol. The Morgan fingerprint density at radius 3 is 2.25 bits per heavy atom.